The molecule has 0 aromatic heterocycles. The maximum Gasteiger partial charge on any atom is 0.446 e. The van der Waals surface area contributed by atoms with Crippen molar-refractivity contribution in [2.24, 2.45) is 0 Å². The van der Waals surface area contributed by atoms with E-state index in [-0.39, 0.29) is 29.1 Å². The molecular weight excluding hydrogens is 474 g/mol. The third-order valence-corrected chi connectivity index (χ3v) is 5.21. The second-order valence-electron chi connectivity index (χ2n) is 6.36. The molecule has 0 saturated heterocycles. The lowest BCUT2D eigenvalue weighted by atomic mass is 9.96. The molecule has 2 aromatic carbocycles. The molecule has 166 valence electrons. The predicted octanol–water partition coefficient (Wildman–Crippen LogP) is 0.596. The summed E-state index contributed by atoms with van der Waals surface area (Å²) in [4.78, 5) is 15.6. The van der Waals surface area contributed by atoms with Crippen molar-refractivity contribution in [3.63, 3.8) is 0 Å². The lowest BCUT2D eigenvalue weighted by molar-refractivity contribution is -0.502. The van der Waals surface area contributed by atoms with Crippen LogP contribution in [0.4, 0.5) is 18.9 Å². The van der Waals surface area contributed by atoms with Crippen molar-refractivity contribution in [3.8, 4) is 0 Å². The standard InChI is InChI=1S/C20H17ClF3N3O2S.ClH/c1-11-16(18(28)29-2)17(12-6-8-13(21)9-7-12)27-19(25-11)26-14-4-3-5-15(10-14)30-20(22,23)24;/h3-10,17H,1-2H3,(H2,25,26,27);1H/t17-;/m0./s1. The van der Waals surface area contributed by atoms with Crippen LogP contribution in [-0.4, -0.2) is 24.5 Å². The van der Waals surface area contributed by atoms with Gasteiger partial charge in [-0.25, -0.2) is 15.4 Å². The number of nitrogens with one attached hydrogen (secondary N) is 3. The highest BCUT2D eigenvalue weighted by Gasteiger charge is 2.33. The summed E-state index contributed by atoms with van der Waals surface area (Å²) in [5.41, 5.74) is -2.23. The quantitative estimate of drug-likeness (QED) is 0.431. The zero-order valence-electron chi connectivity index (χ0n) is 16.3. The third-order valence-electron chi connectivity index (χ3n) is 4.24. The van der Waals surface area contributed by atoms with E-state index < -0.39 is 17.5 Å². The van der Waals surface area contributed by atoms with Gasteiger partial charge in [-0.15, -0.1) is 0 Å². The number of benzene rings is 2. The zero-order chi connectivity index (χ0) is 21.9. The highest BCUT2D eigenvalue weighted by molar-refractivity contribution is 8.00. The number of carbonyl (C=O) groups is 1. The Morgan fingerprint density at radius 2 is 1.90 bits per heavy atom. The van der Waals surface area contributed by atoms with Crippen LogP contribution < -0.4 is 28.0 Å². The van der Waals surface area contributed by atoms with E-state index in [0.29, 0.717) is 27.9 Å². The van der Waals surface area contributed by atoms with E-state index in [1.807, 2.05) is 0 Å². The Morgan fingerprint density at radius 1 is 1.23 bits per heavy atom. The highest BCUT2D eigenvalue weighted by atomic mass is 35.5. The minimum Gasteiger partial charge on any atom is -1.00 e. The maximum atomic E-state index is 12.7. The summed E-state index contributed by atoms with van der Waals surface area (Å²) in [5, 5.41) is 6.60. The Kier molecular flexibility index (Phi) is 8.27. The number of halogens is 5. The number of esters is 1. The number of methoxy groups -OCH3 is 1. The monoisotopic (exact) mass is 491 g/mol. The Bertz CT molecular complexity index is 1010. The molecule has 3 N–H and O–H groups in total. The smallest absolute Gasteiger partial charge is 0.446 e. The van der Waals surface area contributed by atoms with Crippen LogP contribution in [0.3, 0.4) is 0 Å². The average Bonchev–Trinajstić information content (AvgIpc) is 2.66. The maximum absolute atomic E-state index is 12.7. The van der Waals surface area contributed by atoms with Gasteiger partial charge in [0.1, 0.15) is 17.3 Å². The van der Waals surface area contributed by atoms with Gasteiger partial charge in [0.05, 0.1) is 12.8 Å². The molecule has 0 fully saturated rings. The first kappa shape index (κ1) is 24.9. The Labute approximate surface area is 192 Å². The summed E-state index contributed by atoms with van der Waals surface area (Å²) < 4.78 is 42.9. The van der Waals surface area contributed by atoms with Crippen LogP contribution in [0.5, 0.6) is 0 Å². The fourth-order valence-electron chi connectivity index (χ4n) is 2.99. The zero-order valence-corrected chi connectivity index (χ0v) is 18.6. The Balaban J connectivity index is 0.00000341. The number of hydrogen-bond donors (Lipinski definition) is 3. The largest absolute Gasteiger partial charge is 1.00 e. The number of hydrogen-bond acceptors (Lipinski definition) is 5. The lowest BCUT2D eigenvalue weighted by Gasteiger charge is -2.22. The van der Waals surface area contributed by atoms with E-state index >= 15 is 0 Å². The van der Waals surface area contributed by atoms with Crippen LogP contribution in [0.2, 0.25) is 5.02 Å². The van der Waals surface area contributed by atoms with Crippen molar-refractivity contribution >= 4 is 41.0 Å². The van der Waals surface area contributed by atoms with E-state index in [1.165, 1.54) is 25.3 Å². The molecule has 0 amide bonds. The van der Waals surface area contributed by atoms with Crippen LogP contribution in [0, 0.1) is 0 Å². The molecule has 11 heteroatoms. The summed E-state index contributed by atoms with van der Waals surface area (Å²) in [6.45, 7) is 1.72. The lowest BCUT2D eigenvalue weighted by Crippen LogP contribution is -3.00. The topological polar surface area (TPSA) is 64.3 Å². The molecule has 2 aromatic rings. The van der Waals surface area contributed by atoms with Gasteiger partial charge in [-0.2, -0.15) is 13.2 Å². The third kappa shape index (κ3) is 6.56. The second-order valence-corrected chi connectivity index (χ2v) is 7.93. The molecule has 1 aliphatic heterocycles. The van der Waals surface area contributed by atoms with Crippen molar-refractivity contribution < 1.29 is 40.1 Å². The van der Waals surface area contributed by atoms with Gasteiger partial charge in [-0.05, 0) is 54.6 Å². The van der Waals surface area contributed by atoms with Gasteiger partial charge in [0.2, 0.25) is 0 Å². The first-order chi connectivity index (χ1) is 14.2. The van der Waals surface area contributed by atoms with Crippen molar-refractivity contribution in [1.82, 2.24) is 5.32 Å². The van der Waals surface area contributed by atoms with Gasteiger partial charge in [0.25, 0.3) is 0 Å². The van der Waals surface area contributed by atoms with Crippen molar-refractivity contribution in [2.75, 3.05) is 12.4 Å². The highest BCUT2D eigenvalue weighted by Crippen LogP contribution is 2.37. The van der Waals surface area contributed by atoms with Crippen LogP contribution in [0.1, 0.15) is 18.5 Å². The van der Waals surface area contributed by atoms with Crippen LogP contribution >= 0.6 is 23.4 Å². The minimum atomic E-state index is -4.37. The number of alkyl halides is 3. The van der Waals surface area contributed by atoms with E-state index in [4.69, 9.17) is 16.3 Å². The summed E-state index contributed by atoms with van der Waals surface area (Å²) in [6, 6.07) is 12.4. The van der Waals surface area contributed by atoms with Gasteiger partial charge in [-0.1, -0.05) is 29.8 Å². The Morgan fingerprint density at radius 3 is 2.52 bits per heavy atom. The molecule has 1 atom stereocenters. The van der Waals surface area contributed by atoms with Crippen molar-refractivity contribution in [1.29, 1.82) is 0 Å². The molecule has 0 saturated carbocycles. The second kappa shape index (κ2) is 10.3. The van der Waals surface area contributed by atoms with E-state index in [2.05, 4.69) is 15.6 Å². The number of allylic oxidation sites excluding steroid dienone is 1. The van der Waals surface area contributed by atoms with Gasteiger partial charge < -0.3 is 17.1 Å². The fourth-order valence-corrected chi connectivity index (χ4v) is 3.72. The number of anilines is 1. The first-order valence-corrected chi connectivity index (χ1v) is 9.93. The number of guanidine groups is 1. The molecule has 0 spiro atoms. The van der Waals surface area contributed by atoms with E-state index in [1.54, 1.807) is 37.3 Å². The fraction of sp³-hybridized carbons (Fsp3) is 0.200. The number of thioether (sulfide) groups is 1. The minimum absolute atomic E-state index is 0. The number of rotatable bonds is 4. The van der Waals surface area contributed by atoms with Gasteiger partial charge in [0, 0.05) is 9.92 Å². The SMILES string of the molecule is COC(=O)C1=C(C)NC(Nc2cccc(SC(F)(F)F)c2)=[NH+][C@H]1c1ccc(Cl)cc1.[Cl-]. The summed E-state index contributed by atoms with van der Waals surface area (Å²) >= 11 is 5.78. The molecule has 5 nitrogen and oxygen atoms in total. The van der Waals surface area contributed by atoms with E-state index in [9.17, 15) is 18.0 Å². The molecule has 0 radical (unpaired) electrons. The van der Waals surface area contributed by atoms with Gasteiger partial charge in [-0.3, -0.25) is 4.99 Å². The summed E-state index contributed by atoms with van der Waals surface area (Å²) in [5.74, 6) is -0.0932. The summed E-state index contributed by atoms with van der Waals surface area (Å²) in [7, 11) is 1.29. The molecule has 1 heterocycles. The van der Waals surface area contributed by atoms with Crippen molar-refractivity contribution in [3.05, 3.63) is 70.4 Å². The molecular formula is C20H18Cl2F3N3O2S. The van der Waals surface area contributed by atoms with Crippen molar-refractivity contribution in [2.45, 2.75) is 23.4 Å². The normalized spacial score (nSPS) is 16.1. The first-order valence-electron chi connectivity index (χ1n) is 8.74. The van der Waals surface area contributed by atoms with Crippen LogP contribution in [-0.2, 0) is 9.53 Å². The molecule has 0 aliphatic carbocycles. The number of carbonyl (C=O) groups excluding carboxylic acids is 1. The molecule has 3 rings (SSSR count). The average molecular weight is 492 g/mol. The molecule has 0 unspecified atom stereocenters. The Hall–Kier alpha value is -2.36. The van der Waals surface area contributed by atoms with E-state index in [0.717, 1.165) is 5.56 Å². The van der Waals surface area contributed by atoms with Crippen LogP contribution in [0.15, 0.2) is 64.7 Å². The number of ether oxygens (including phenoxy) is 1. The van der Waals surface area contributed by atoms with Gasteiger partial charge in [0.15, 0.2) is 0 Å². The molecule has 31 heavy (non-hydrogen) atoms. The summed E-state index contributed by atoms with van der Waals surface area (Å²) in [6.07, 6.45) is 0. The molecule has 1 aliphatic rings. The van der Waals surface area contributed by atoms with Gasteiger partial charge >= 0.3 is 17.4 Å². The molecule has 0 bridgehead atoms. The predicted molar refractivity (Wildman–Crippen MR) is 110 cm³/mol. The van der Waals surface area contributed by atoms with Crippen LogP contribution in [0.25, 0.3) is 0 Å².